The summed E-state index contributed by atoms with van der Waals surface area (Å²) in [7, 11) is -3.33. The van der Waals surface area contributed by atoms with Gasteiger partial charge in [0.05, 0.1) is 17.1 Å². The van der Waals surface area contributed by atoms with Crippen LogP contribution in [0.2, 0.25) is 0 Å². The average molecular weight is 510 g/mol. The first kappa shape index (κ1) is 25.7. The number of hydrogen-bond donors (Lipinski definition) is 2. The van der Waals surface area contributed by atoms with Gasteiger partial charge in [-0.15, -0.1) is 0 Å². The monoisotopic (exact) mass is 509 g/mol. The van der Waals surface area contributed by atoms with E-state index in [9.17, 15) is 31.5 Å². The highest BCUT2D eigenvalue weighted by Gasteiger charge is 2.55. The zero-order valence-corrected chi connectivity index (χ0v) is 20.2. The number of carbonyl (C=O) groups excluding carboxylic acids is 1. The van der Waals surface area contributed by atoms with Crippen molar-refractivity contribution < 1.29 is 31.5 Å². The standard InChI is InChI=1S/C26H30F3NO4S/c27-26(28,29)25(32,16-19-3-1-2-4-19)21-9-11-22(12-10-21)30-24(31)15-18-7-13-23(14-8-18)35(33,34)17-20-5-6-20/h7-14,19-20,32H,1-6,15-17H2,(H,30,31). The SMILES string of the molecule is O=C(Cc1ccc(S(=O)(=O)CC2CC2)cc1)Nc1ccc(C(O)(CC2CCCC2)C(F)(F)F)cc1. The Balaban J connectivity index is 1.38. The van der Waals surface area contributed by atoms with Gasteiger partial charge in [-0.2, -0.15) is 13.2 Å². The minimum atomic E-state index is -4.81. The lowest BCUT2D eigenvalue weighted by Crippen LogP contribution is -2.43. The third kappa shape index (κ3) is 6.25. The molecule has 0 aromatic heterocycles. The summed E-state index contributed by atoms with van der Waals surface area (Å²) in [4.78, 5) is 12.7. The molecule has 1 unspecified atom stereocenters. The van der Waals surface area contributed by atoms with Gasteiger partial charge in [0.1, 0.15) is 0 Å². The summed E-state index contributed by atoms with van der Waals surface area (Å²) in [6.07, 6.45) is -0.194. The second-order valence-electron chi connectivity index (χ2n) is 9.88. The fraction of sp³-hybridized carbons (Fsp3) is 0.500. The van der Waals surface area contributed by atoms with E-state index in [2.05, 4.69) is 5.32 Å². The highest BCUT2D eigenvalue weighted by Crippen LogP contribution is 2.46. The minimum absolute atomic E-state index is 0.0150. The molecule has 0 aliphatic heterocycles. The number of benzene rings is 2. The molecule has 190 valence electrons. The molecular formula is C26H30F3NO4S. The fourth-order valence-corrected chi connectivity index (χ4v) is 6.45. The zero-order chi connectivity index (χ0) is 25.3. The zero-order valence-electron chi connectivity index (χ0n) is 19.4. The third-order valence-electron chi connectivity index (χ3n) is 6.97. The van der Waals surface area contributed by atoms with Crippen molar-refractivity contribution in [3.05, 3.63) is 59.7 Å². The van der Waals surface area contributed by atoms with E-state index in [-0.39, 0.29) is 46.8 Å². The number of halogens is 3. The lowest BCUT2D eigenvalue weighted by molar-refractivity contribution is -0.272. The van der Waals surface area contributed by atoms with Gasteiger partial charge in [-0.05, 0) is 66.5 Å². The van der Waals surface area contributed by atoms with Gasteiger partial charge in [0.25, 0.3) is 0 Å². The summed E-state index contributed by atoms with van der Waals surface area (Å²) < 4.78 is 66.1. The summed E-state index contributed by atoms with van der Waals surface area (Å²) in [6.45, 7) is 0. The molecule has 0 heterocycles. The van der Waals surface area contributed by atoms with Gasteiger partial charge in [0.2, 0.25) is 5.91 Å². The first-order chi connectivity index (χ1) is 16.5. The maximum Gasteiger partial charge on any atom is 0.421 e. The molecule has 2 saturated carbocycles. The van der Waals surface area contributed by atoms with Crippen molar-refractivity contribution in [1.82, 2.24) is 0 Å². The van der Waals surface area contributed by atoms with Crippen LogP contribution in [0.3, 0.4) is 0 Å². The summed E-state index contributed by atoms with van der Waals surface area (Å²) in [5.74, 6) is -0.168. The summed E-state index contributed by atoms with van der Waals surface area (Å²) >= 11 is 0. The van der Waals surface area contributed by atoms with Crippen LogP contribution in [0.25, 0.3) is 0 Å². The number of aliphatic hydroxyl groups is 1. The van der Waals surface area contributed by atoms with E-state index in [0.717, 1.165) is 25.7 Å². The molecule has 9 heteroatoms. The van der Waals surface area contributed by atoms with Crippen LogP contribution in [0.4, 0.5) is 18.9 Å². The molecule has 1 atom stereocenters. The second kappa shape index (κ2) is 9.93. The molecule has 2 N–H and O–H groups in total. The van der Waals surface area contributed by atoms with Crippen molar-refractivity contribution in [2.45, 2.75) is 68.0 Å². The molecule has 2 aromatic carbocycles. The second-order valence-corrected chi connectivity index (χ2v) is 11.9. The number of sulfone groups is 1. The highest BCUT2D eigenvalue weighted by atomic mass is 32.2. The first-order valence-electron chi connectivity index (χ1n) is 12.0. The Kier molecular flexibility index (Phi) is 7.29. The molecule has 35 heavy (non-hydrogen) atoms. The number of anilines is 1. The van der Waals surface area contributed by atoms with Gasteiger partial charge < -0.3 is 10.4 Å². The van der Waals surface area contributed by atoms with Crippen LogP contribution in [0, 0.1) is 11.8 Å². The lowest BCUT2D eigenvalue weighted by atomic mass is 9.83. The number of rotatable bonds is 9. The molecule has 1 amide bonds. The van der Waals surface area contributed by atoms with E-state index in [4.69, 9.17) is 0 Å². The van der Waals surface area contributed by atoms with Gasteiger partial charge >= 0.3 is 6.18 Å². The molecule has 0 spiro atoms. The fourth-order valence-electron chi connectivity index (χ4n) is 4.76. The maximum absolute atomic E-state index is 13.8. The van der Waals surface area contributed by atoms with Gasteiger partial charge in [-0.25, -0.2) is 8.42 Å². The number of alkyl halides is 3. The Morgan fingerprint density at radius 3 is 2.06 bits per heavy atom. The first-order valence-corrected chi connectivity index (χ1v) is 13.6. The van der Waals surface area contributed by atoms with E-state index in [1.807, 2.05) is 0 Å². The highest BCUT2D eigenvalue weighted by molar-refractivity contribution is 7.91. The predicted octanol–water partition coefficient (Wildman–Crippen LogP) is 5.38. The van der Waals surface area contributed by atoms with Crippen LogP contribution in [-0.2, 0) is 26.7 Å². The minimum Gasteiger partial charge on any atom is -0.376 e. The van der Waals surface area contributed by atoms with Crippen LogP contribution in [0.5, 0.6) is 0 Å². The van der Waals surface area contributed by atoms with E-state index in [1.165, 1.54) is 36.4 Å². The van der Waals surface area contributed by atoms with Gasteiger partial charge in [0, 0.05) is 5.69 Å². The molecule has 5 nitrogen and oxygen atoms in total. The number of nitrogens with one attached hydrogen (secondary N) is 1. The quantitative estimate of drug-likeness (QED) is 0.475. The summed E-state index contributed by atoms with van der Waals surface area (Å²) in [5, 5.41) is 13.3. The van der Waals surface area contributed by atoms with Crippen molar-refractivity contribution in [3.8, 4) is 0 Å². The average Bonchev–Trinajstić information content (AvgIpc) is 3.44. The predicted molar refractivity (Wildman–Crippen MR) is 127 cm³/mol. The Morgan fingerprint density at radius 1 is 0.914 bits per heavy atom. The Bertz CT molecular complexity index is 1140. The molecule has 2 aliphatic carbocycles. The van der Waals surface area contributed by atoms with Crippen molar-refractivity contribution in [3.63, 3.8) is 0 Å². The van der Waals surface area contributed by atoms with Crippen molar-refractivity contribution in [2.75, 3.05) is 11.1 Å². The van der Waals surface area contributed by atoms with Gasteiger partial charge in [-0.1, -0.05) is 49.9 Å². The molecule has 0 saturated heterocycles. The Labute approximate surface area is 203 Å². The smallest absolute Gasteiger partial charge is 0.376 e. The van der Waals surface area contributed by atoms with Crippen molar-refractivity contribution in [2.24, 2.45) is 11.8 Å². The molecule has 2 aliphatic rings. The van der Waals surface area contributed by atoms with Crippen LogP contribution in [-0.4, -0.2) is 31.4 Å². The number of amides is 1. The van der Waals surface area contributed by atoms with Gasteiger partial charge in [0.15, 0.2) is 15.4 Å². The molecular weight excluding hydrogens is 479 g/mol. The molecule has 2 aromatic rings. The van der Waals surface area contributed by atoms with E-state index >= 15 is 0 Å². The van der Waals surface area contributed by atoms with Crippen molar-refractivity contribution >= 4 is 21.4 Å². The van der Waals surface area contributed by atoms with Crippen LogP contribution in [0.1, 0.15) is 56.1 Å². The van der Waals surface area contributed by atoms with E-state index in [0.29, 0.717) is 24.1 Å². The van der Waals surface area contributed by atoms with Crippen LogP contribution >= 0.6 is 0 Å². The normalized spacial score (nSPS) is 18.9. The van der Waals surface area contributed by atoms with E-state index < -0.39 is 21.6 Å². The summed E-state index contributed by atoms with van der Waals surface area (Å²) in [5.41, 5.74) is -2.23. The Morgan fingerprint density at radius 2 is 1.51 bits per heavy atom. The van der Waals surface area contributed by atoms with Crippen LogP contribution < -0.4 is 5.32 Å². The summed E-state index contributed by atoms with van der Waals surface area (Å²) in [6, 6.07) is 11.3. The third-order valence-corrected chi connectivity index (χ3v) is 8.87. The van der Waals surface area contributed by atoms with Gasteiger partial charge in [-0.3, -0.25) is 4.79 Å². The molecule has 0 radical (unpaired) electrons. The Hall–Kier alpha value is -2.39. The molecule has 2 fully saturated rings. The van der Waals surface area contributed by atoms with Crippen LogP contribution in [0.15, 0.2) is 53.4 Å². The number of hydrogen-bond acceptors (Lipinski definition) is 4. The lowest BCUT2D eigenvalue weighted by Gasteiger charge is -2.33. The topological polar surface area (TPSA) is 83.5 Å². The molecule has 4 rings (SSSR count). The number of carbonyl (C=O) groups is 1. The van der Waals surface area contributed by atoms with E-state index in [1.54, 1.807) is 12.1 Å². The molecule has 0 bridgehead atoms. The van der Waals surface area contributed by atoms with Crippen molar-refractivity contribution in [1.29, 1.82) is 0 Å². The maximum atomic E-state index is 13.8. The largest absolute Gasteiger partial charge is 0.421 e.